The SMILES string of the molecule is COc1cc(/C=N/NC(=O)c2ccc(-c3ccccc3)cc2)ccc1OCC(N)=O. The third kappa shape index (κ3) is 5.45. The summed E-state index contributed by atoms with van der Waals surface area (Å²) in [5.74, 6) is -0.0968. The molecule has 0 unspecified atom stereocenters. The number of hydrazone groups is 1. The zero-order chi connectivity index (χ0) is 21.3. The van der Waals surface area contributed by atoms with Gasteiger partial charge < -0.3 is 15.2 Å². The molecule has 3 N–H and O–H groups in total. The summed E-state index contributed by atoms with van der Waals surface area (Å²) < 4.78 is 10.5. The van der Waals surface area contributed by atoms with Crippen LogP contribution in [0, 0.1) is 0 Å². The van der Waals surface area contributed by atoms with Crippen LogP contribution in [0.3, 0.4) is 0 Å². The van der Waals surface area contributed by atoms with Gasteiger partial charge in [0.25, 0.3) is 11.8 Å². The van der Waals surface area contributed by atoms with E-state index in [9.17, 15) is 9.59 Å². The number of ether oxygens (including phenoxy) is 2. The van der Waals surface area contributed by atoms with E-state index in [2.05, 4.69) is 10.5 Å². The molecule has 0 aliphatic rings. The third-order valence-corrected chi connectivity index (χ3v) is 4.19. The minimum Gasteiger partial charge on any atom is -0.493 e. The highest BCUT2D eigenvalue weighted by molar-refractivity contribution is 5.95. The lowest BCUT2D eigenvalue weighted by Gasteiger charge is -2.09. The second kappa shape index (κ2) is 9.88. The lowest BCUT2D eigenvalue weighted by atomic mass is 10.0. The Bertz CT molecular complexity index is 1050. The lowest BCUT2D eigenvalue weighted by Crippen LogP contribution is -2.20. The lowest BCUT2D eigenvalue weighted by molar-refractivity contribution is -0.119. The number of carbonyl (C=O) groups excluding carboxylic acids is 2. The van der Waals surface area contributed by atoms with E-state index in [4.69, 9.17) is 15.2 Å². The second-order valence-electron chi connectivity index (χ2n) is 6.31. The molecule has 30 heavy (non-hydrogen) atoms. The van der Waals surface area contributed by atoms with Crippen LogP contribution >= 0.6 is 0 Å². The van der Waals surface area contributed by atoms with Crippen LogP contribution in [0.1, 0.15) is 15.9 Å². The maximum absolute atomic E-state index is 12.3. The van der Waals surface area contributed by atoms with Crippen LogP contribution in [0.25, 0.3) is 11.1 Å². The summed E-state index contributed by atoms with van der Waals surface area (Å²) in [6.07, 6.45) is 1.48. The van der Waals surface area contributed by atoms with Crippen molar-refractivity contribution in [1.82, 2.24) is 5.43 Å². The molecule has 0 radical (unpaired) electrons. The molecule has 2 amide bonds. The zero-order valence-corrected chi connectivity index (χ0v) is 16.4. The Labute approximate surface area is 174 Å². The molecule has 7 nitrogen and oxygen atoms in total. The highest BCUT2D eigenvalue weighted by Crippen LogP contribution is 2.27. The van der Waals surface area contributed by atoms with Crippen molar-refractivity contribution in [3.8, 4) is 22.6 Å². The maximum Gasteiger partial charge on any atom is 0.271 e. The van der Waals surface area contributed by atoms with Gasteiger partial charge in [0.2, 0.25) is 0 Å². The van der Waals surface area contributed by atoms with Crippen molar-refractivity contribution >= 4 is 18.0 Å². The number of nitrogens with zero attached hydrogens (tertiary/aromatic N) is 1. The van der Waals surface area contributed by atoms with Gasteiger partial charge in [-0.1, -0.05) is 42.5 Å². The molecule has 0 bridgehead atoms. The summed E-state index contributed by atoms with van der Waals surface area (Å²) in [5, 5.41) is 3.98. The monoisotopic (exact) mass is 403 g/mol. The molecular weight excluding hydrogens is 382 g/mol. The first kappa shape index (κ1) is 20.6. The molecule has 3 rings (SSSR count). The third-order valence-electron chi connectivity index (χ3n) is 4.19. The molecule has 0 spiro atoms. The summed E-state index contributed by atoms with van der Waals surface area (Å²) in [6.45, 7) is -0.247. The highest BCUT2D eigenvalue weighted by atomic mass is 16.5. The minimum absolute atomic E-state index is 0.247. The zero-order valence-electron chi connectivity index (χ0n) is 16.4. The van der Waals surface area contributed by atoms with Crippen molar-refractivity contribution in [2.45, 2.75) is 0 Å². The van der Waals surface area contributed by atoms with Crippen molar-refractivity contribution in [2.24, 2.45) is 10.8 Å². The summed E-state index contributed by atoms with van der Waals surface area (Å²) in [4.78, 5) is 23.1. The van der Waals surface area contributed by atoms with E-state index in [1.54, 1.807) is 30.3 Å². The Hall–Kier alpha value is -4.13. The van der Waals surface area contributed by atoms with E-state index in [-0.39, 0.29) is 12.5 Å². The largest absolute Gasteiger partial charge is 0.493 e. The molecule has 152 valence electrons. The van der Waals surface area contributed by atoms with E-state index in [0.29, 0.717) is 22.6 Å². The van der Waals surface area contributed by atoms with Crippen molar-refractivity contribution in [1.29, 1.82) is 0 Å². The van der Waals surface area contributed by atoms with Crippen LogP contribution in [0.2, 0.25) is 0 Å². The van der Waals surface area contributed by atoms with Gasteiger partial charge in [0.1, 0.15) is 0 Å². The predicted octanol–water partition coefficient (Wildman–Crippen LogP) is 2.99. The number of methoxy groups -OCH3 is 1. The van der Waals surface area contributed by atoms with E-state index in [1.807, 2.05) is 42.5 Å². The van der Waals surface area contributed by atoms with E-state index < -0.39 is 5.91 Å². The van der Waals surface area contributed by atoms with Crippen LogP contribution < -0.4 is 20.6 Å². The number of nitrogens with two attached hydrogens (primary N) is 1. The number of amides is 2. The van der Waals surface area contributed by atoms with Crippen molar-refractivity contribution in [2.75, 3.05) is 13.7 Å². The van der Waals surface area contributed by atoms with Crippen molar-refractivity contribution < 1.29 is 19.1 Å². The van der Waals surface area contributed by atoms with Crippen molar-refractivity contribution in [3.05, 3.63) is 83.9 Å². The molecule has 0 aromatic heterocycles. The van der Waals surface area contributed by atoms with Gasteiger partial charge in [-0.05, 0) is 47.0 Å². The smallest absolute Gasteiger partial charge is 0.271 e. The molecule has 0 heterocycles. The minimum atomic E-state index is -0.581. The standard InChI is InChI=1S/C23H21N3O4/c1-29-21-13-16(7-12-20(21)30-15-22(24)27)14-25-26-23(28)19-10-8-18(9-11-19)17-5-3-2-4-6-17/h2-14H,15H2,1H3,(H2,24,27)(H,26,28)/b25-14+. The molecule has 0 aliphatic heterocycles. The van der Waals surface area contributed by atoms with E-state index in [0.717, 1.165) is 11.1 Å². The molecule has 0 saturated carbocycles. The topological polar surface area (TPSA) is 103 Å². The van der Waals surface area contributed by atoms with E-state index in [1.165, 1.54) is 13.3 Å². The average molecular weight is 403 g/mol. The van der Waals surface area contributed by atoms with Crippen molar-refractivity contribution in [3.63, 3.8) is 0 Å². The van der Waals surface area contributed by atoms with Gasteiger partial charge in [-0.25, -0.2) is 5.43 Å². The fraction of sp³-hybridized carbons (Fsp3) is 0.0870. The Kier molecular flexibility index (Phi) is 6.78. The summed E-state index contributed by atoms with van der Waals surface area (Å²) >= 11 is 0. The first-order valence-electron chi connectivity index (χ1n) is 9.15. The van der Waals surface area contributed by atoms with Gasteiger partial charge in [0.05, 0.1) is 13.3 Å². The summed E-state index contributed by atoms with van der Waals surface area (Å²) in [6, 6.07) is 22.2. The Morgan fingerprint density at radius 2 is 1.67 bits per heavy atom. The Morgan fingerprint density at radius 1 is 0.967 bits per heavy atom. The fourth-order valence-corrected chi connectivity index (χ4v) is 2.71. The number of carbonyl (C=O) groups is 2. The molecular formula is C23H21N3O4. The number of hydrogen-bond donors (Lipinski definition) is 2. The van der Waals surface area contributed by atoms with Crippen LogP contribution in [-0.4, -0.2) is 31.7 Å². The van der Waals surface area contributed by atoms with Crippen LogP contribution in [0.4, 0.5) is 0 Å². The number of rotatable bonds is 8. The Morgan fingerprint density at radius 3 is 2.33 bits per heavy atom. The quantitative estimate of drug-likeness (QED) is 0.446. The second-order valence-corrected chi connectivity index (χ2v) is 6.31. The van der Waals surface area contributed by atoms with Gasteiger partial charge in [-0.3, -0.25) is 9.59 Å². The van der Waals surface area contributed by atoms with Crippen LogP contribution in [-0.2, 0) is 4.79 Å². The first-order valence-corrected chi connectivity index (χ1v) is 9.15. The fourth-order valence-electron chi connectivity index (χ4n) is 2.71. The van der Waals surface area contributed by atoms with Gasteiger partial charge in [0.15, 0.2) is 18.1 Å². The highest BCUT2D eigenvalue weighted by Gasteiger charge is 2.07. The predicted molar refractivity (Wildman–Crippen MR) is 115 cm³/mol. The van der Waals surface area contributed by atoms with Gasteiger partial charge >= 0.3 is 0 Å². The molecule has 0 fully saturated rings. The molecule has 7 heteroatoms. The molecule has 3 aromatic rings. The van der Waals surface area contributed by atoms with Gasteiger partial charge in [-0.2, -0.15) is 5.10 Å². The summed E-state index contributed by atoms with van der Waals surface area (Å²) in [7, 11) is 1.48. The van der Waals surface area contributed by atoms with Crippen LogP contribution in [0.15, 0.2) is 77.9 Å². The van der Waals surface area contributed by atoms with Crippen LogP contribution in [0.5, 0.6) is 11.5 Å². The number of primary amides is 1. The number of nitrogens with one attached hydrogen (secondary N) is 1. The number of hydrogen-bond acceptors (Lipinski definition) is 5. The first-order chi connectivity index (χ1) is 14.6. The maximum atomic E-state index is 12.3. The van der Waals surface area contributed by atoms with E-state index >= 15 is 0 Å². The molecule has 0 saturated heterocycles. The molecule has 0 atom stereocenters. The summed E-state index contributed by atoms with van der Waals surface area (Å²) in [5.41, 5.74) is 10.9. The normalized spacial score (nSPS) is 10.6. The van der Waals surface area contributed by atoms with Gasteiger partial charge in [0, 0.05) is 5.56 Å². The Balaban J connectivity index is 1.62. The molecule has 0 aliphatic carbocycles. The average Bonchev–Trinajstić information content (AvgIpc) is 2.78. The molecule has 3 aromatic carbocycles. The van der Waals surface area contributed by atoms with Gasteiger partial charge in [-0.15, -0.1) is 0 Å². The number of benzene rings is 3.